The van der Waals surface area contributed by atoms with Crippen LogP contribution in [-0.4, -0.2) is 24.6 Å². The molecule has 0 aliphatic heterocycles. The Morgan fingerprint density at radius 2 is 1.21 bits per heavy atom. The molecule has 0 saturated heterocycles. The van der Waals surface area contributed by atoms with Crippen LogP contribution in [0.15, 0.2) is 24.3 Å². The quantitative estimate of drug-likeness (QED) is 0.317. The highest BCUT2D eigenvalue weighted by Crippen LogP contribution is 2.63. The molecule has 0 aliphatic rings. The summed E-state index contributed by atoms with van der Waals surface area (Å²) in [5, 5.41) is 0. The fourth-order valence-corrected chi connectivity index (χ4v) is 9.45. The zero-order valence-corrected chi connectivity index (χ0v) is 18.0. The first-order valence-corrected chi connectivity index (χ1v) is 13.0. The van der Waals surface area contributed by atoms with Gasteiger partial charge in [-0.3, -0.25) is 0 Å². The molecule has 1 aromatic rings. The fraction of sp³-hybridized carbons (Fsp3) is 0.739. The monoisotopic (exact) mass is 349 g/mol. The maximum atomic E-state index is 2.40. The van der Waals surface area contributed by atoms with Crippen molar-refractivity contribution >= 4 is 7.26 Å². The van der Waals surface area contributed by atoms with Crippen LogP contribution in [0.4, 0.5) is 0 Å². The van der Waals surface area contributed by atoms with Crippen molar-refractivity contribution < 1.29 is 0 Å². The lowest BCUT2D eigenvalue weighted by molar-refractivity contribution is 0.724. The van der Waals surface area contributed by atoms with Gasteiger partial charge in [0.15, 0.2) is 0 Å². The van der Waals surface area contributed by atoms with Crippen molar-refractivity contribution in [1.29, 1.82) is 0 Å². The lowest BCUT2D eigenvalue weighted by Crippen LogP contribution is -2.17. The van der Waals surface area contributed by atoms with Gasteiger partial charge in [0.25, 0.3) is 0 Å². The van der Waals surface area contributed by atoms with Crippen LogP contribution in [0.2, 0.25) is 0 Å². The average Bonchev–Trinajstić information content (AvgIpc) is 2.61. The molecule has 0 nitrogen and oxygen atoms in total. The van der Waals surface area contributed by atoms with Gasteiger partial charge < -0.3 is 0 Å². The predicted octanol–water partition coefficient (Wildman–Crippen LogP) is 7.91. The minimum atomic E-state index is -0.796. The Balaban J connectivity index is 2.97. The topological polar surface area (TPSA) is 0 Å². The summed E-state index contributed by atoms with van der Waals surface area (Å²) in [4.78, 5) is 0. The fourth-order valence-electron chi connectivity index (χ4n) is 3.87. The van der Waals surface area contributed by atoms with Gasteiger partial charge in [-0.1, -0.05) is 76.8 Å². The summed E-state index contributed by atoms with van der Waals surface area (Å²) in [5.41, 5.74) is 2.98. The minimum absolute atomic E-state index is 0.782. The summed E-state index contributed by atoms with van der Waals surface area (Å²) in [6, 6.07) is 9.42. The third-order valence-corrected chi connectivity index (χ3v) is 10.6. The van der Waals surface area contributed by atoms with E-state index in [0.717, 1.165) is 5.92 Å². The second-order valence-electron chi connectivity index (χ2n) is 7.77. The van der Waals surface area contributed by atoms with Crippen molar-refractivity contribution in [2.24, 2.45) is 0 Å². The minimum Gasteiger partial charge on any atom is -0.0652 e. The lowest BCUT2D eigenvalue weighted by atomic mass is 9.98. The van der Waals surface area contributed by atoms with Crippen LogP contribution in [0.5, 0.6) is 0 Å². The Morgan fingerprint density at radius 3 is 1.58 bits per heavy atom. The zero-order chi connectivity index (χ0) is 17.8. The normalized spacial score (nSPS) is 13.2. The summed E-state index contributed by atoms with van der Waals surface area (Å²) in [6.45, 7) is 11.7. The summed E-state index contributed by atoms with van der Waals surface area (Å²) < 4.78 is 0. The van der Waals surface area contributed by atoms with E-state index in [9.17, 15) is 0 Å². The molecule has 1 unspecified atom stereocenters. The first-order valence-electron chi connectivity index (χ1n) is 10.5. The van der Waals surface area contributed by atoms with Crippen molar-refractivity contribution in [3.63, 3.8) is 0 Å². The highest BCUT2D eigenvalue weighted by molar-refractivity contribution is 7.75. The number of aryl methyl sites for hydroxylation is 1. The first kappa shape index (κ1) is 21.7. The van der Waals surface area contributed by atoms with Crippen LogP contribution < -0.4 is 0 Å². The van der Waals surface area contributed by atoms with Crippen LogP contribution in [0.1, 0.15) is 89.7 Å². The van der Waals surface area contributed by atoms with E-state index >= 15 is 0 Å². The first-order chi connectivity index (χ1) is 11.6. The molecule has 0 heterocycles. The maximum absolute atomic E-state index is 2.40. The van der Waals surface area contributed by atoms with Gasteiger partial charge in [0, 0.05) is 13.2 Å². The molecule has 0 N–H and O–H groups in total. The van der Waals surface area contributed by atoms with Crippen LogP contribution >= 0.6 is 7.26 Å². The lowest BCUT2D eigenvalue weighted by Gasteiger charge is -2.31. The maximum Gasteiger partial charge on any atom is 0.0662 e. The van der Waals surface area contributed by atoms with Crippen molar-refractivity contribution in [3.8, 4) is 0 Å². The summed E-state index contributed by atoms with van der Waals surface area (Å²) in [5.74, 6) is 0.782. The molecule has 0 bridgehead atoms. The van der Waals surface area contributed by atoms with E-state index in [-0.39, 0.29) is 0 Å². The number of unbranched alkanes of at least 4 members (excludes halogenated alkanes) is 3. The Labute approximate surface area is 153 Å². The molecular formula is C23H42P+. The Kier molecular flexibility index (Phi) is 10.9. The zero-order valence-electron chi connectivity index (χ0n) is 17.1. The molecule has 1 atom stereocenters. The van der Waals surface area contributed by atoms with E-state index in [1.807, 2.05) is 0 Å². The van der Waals surface area contributed by atoms with Gasteiger partial charge in [0.2, 0.25) is 0 Å². The summed E-state index contributed by atoms with van der Waals surface area (Å²) in [7, 11) is -0.796. The van der Waals surface area contributed by atoms with E-state index in [1.54, 1.807) is 24.0 Å². The van der Waals surface area contributed by atoms with Gasteiger partial charge in [-0.05, 0) is 38.2 Å². The van der Waals surface area contributed by atoms with Gasteiger partial charge in [-0.25, -0.2) is 0 Å². The molecule has 1 aromatic carbocycles. The Bertz CT molecular complexity index is 398. The number of rotatable bonds is 13. The second-order valence-corrected chi connectivity index (χ2v) is 12.2. The largest absolute Gasteiger partial charge is 0.0662 e. The van der Waals surface area contributed by atoms with Gasteiger partial charge in [0.1, 0.15) is 0 Å². The third kappa shape index (κ3) is 7.26. The van der Waals surface area contributed by atoms with Gasteiger partial charge in [-0.2, -0.15) is 0 Å². The molecule has 0 amide bonds. The van der Waals surface area contributed by atoms with E-state index < -0.39 is 7.26 Å². The standard InChI is InChI=1S/C23H42P/c1-6-10-17-24(18-11-7-2,19-12-8-3)20-22(9-4)23-15-13-21(5)14-16-23/h13-16,22H,6-12,17-20H2,1-5H3/q+1. The molecule has 0 radical (unpaired) electrons. The smallest absolute Gasteiger partial charge is 0.0652 e. The molecule has 24 heavy (non-hydrogen) atoms. The molecular weight excluding hydrogens is 307 g/mol. The van der Waals surface area contributed by atoms with Gasteiger partial charge in [-0.15, -0.1) is 0 Å². The van der Waals surface area contributed by atoms with Crippen LogP contribution in [0.3, 0.4) is 0 Å². The van der Waals surface area contributed by atoms with Crippen molar-refractivity contribution in [3.05, 3.63) is 35.4 Å². The number of benzene rings is 1. The van der Waals surface area contributed by atoms with Crippen molar-refractivity contribution in [2.75, 3.05) is 24.6 Å². The van der Waals surface area contributed by atoms with Gasteiger partial charge in [0.05, 0.1) is 24.6 Å². The molecule has 0 aromatic heterocycles. The molecule has 1 heteroatoms. The van der Waals surface area contributed by atoms with E-state index in [1.165, 1.54) is 56.7 Å². The molecule has 0 spiro atoms. The molecule has 0 aliphatic carbocycles. The second kappa shape index (κ2) is 12.1. The number of hydrogen-bond donors (Lipinski definition) is 0. The van der Waals surface area contributed by atoms with Crippen LogP contribution in [0, 0.1) is 6.92 Å². The van der Waals surface area contributed by atoms with E-state index in [2.05, 4.69) is 58.9 Å². The molecule has 0 saturated carbocycles. The Morgan fingerprint density at radius 1 is 0.750 bits per heavy atom. The van der Waals surface area contributed by atoms with E-state index in [4.69, 9.17) is 0 Å². The van der Waals surface area contributed by atoms with Crippen LogP contribution in [-0.2, 0) is 0 Å². The van der Waals surface area contributed by atoms with Crippen LogP contribution in [0.25, 0.3) is 0 Å². The summed E-state index contributed by atoms with van der Waals surface area (Å²) in [6.07, 6.45) is 15.9. The molecule has 1 rings (SSSR count). The van der Waals surface area contributed by atoms with E-state index in [0.29, 0.717) is 0 Å². The highest BCUT2D eigenvalue weighted by Gasteiger charge is 2.37. The van der Waals surface area contributed by atoms with Crippen molar-refractivity contribution in [1.82, 2.24) is 0 Å². The summed E-state index contributed by atoms with van der Waals surface area (Å²) >= 11 is 0. The molecule has 0 fully saturated rings. The SMILES string of the molecule is CCCC[P+](CCCC)(CCCC)CC(CC)c1ccc(C)cc1. The predicted molar refractivity (Wildman–Crippen MR) is 115 cm³/mol. The Hall–Kier alpha value is -0.350. The highest BCUT2D eigenvalue weighted by atomic mass is 31.2. The average molecular weight is 350 g/mol. The number of hydrogen-bond acceptors (Lipinski definition) is 0. The van der Waals surface area contributed by atoms with Gasteiger partial charge >= 0.3 is 0 Å². The molecule has 138 valence electrons. The van der Waals surface area contributed by atoms with Crippen molar-refractivity contribution in [2.45, 2.75) is 85.5 Å². The third-order valence-electron chi connectivity index (χ3n) is 5.61.